The third kappa shape index (κ3) is 5.08. The number of thiophene rings is 1. The first-order valence-electron chi connectivity index (χ1n) is 8.67. The summed E-state index contributed by atoms with van der Waals surface area (Å²) in [6.07, 6.45) is -1.99. The van der Waals surface area contributed by atoms with Crippen LogP contribution in [0.4, 0.5) is 18.9 Å². The number of alkyl halides is 3. The van der Waals surface area contributed by atoms with Crippen molar-refractivity contribution >= 4 is 34.7 Å². The predicted molar refractivity (Wildman–Crippen MR) is 107 cm³/mol. The number of carbonyl (C=O) groups is 1. The monoisotopic (exact) mass is 466 g/mol. The van der Waals surface area contributed by atoms with E-state index in [9.17, 15) is 18.0 Å². The number of hydrogen-bond acceptors (Lipinski definition) is 8. The highest BCUT2D eigenvalue weighted by molar-refractivity contribution is 7.99. The lowest BCUT2D eigenvalue weighted by molar-refractivity contribution is -0.137. The van der Waals surface area contributed by atoms with Crippen molar-refractivity contribution in [1.29, 1.82) is 0 Å². The Kier molecular flexibility index (Phi) is 5.99. The fourth-order valence-corrected chi connectivity index (χ4v) is 3.97. The van der Waals surface area contributed by atoms with Crippen LogP contribution < -0.4 is 5.32 Å². The van der Waals surface area contributed by atoms with E-state index in [0.29, 0.717) is 11.7 Å². The lowest BCUT2D eigenvalue weighted by Crippen LogP contribution is -2.17. The van der Waals surface area contributed by atoms with E-state index in [0.717, 1.165) is 28.8 Å². The highest BCUT2D eigenvalue weighted by atomic mass is 32.2. The normalized spacial score (nSPS) is 11.6. The van der Waals surface area contributed by atoms with Crippen molar-refractivity contribution in [2.24, 2.45) is 0 Å². The molecule has 0 aliphatic rings. The van der Waals surface area contributed by atoms with Crippen molar-refractivity contribution < 1.29 is 18.0 Å². The zero-order valence-corrected chi connectivity index (χ0v) is 17.2. The van der Waals surface area contributed by atoms with Crippen LogP contribution >= 0.6 is 23.1 Å². The SMILES string of the molecule is O=C(CSc1nnnn1Cc1cccs1)Nc1cc(C(F)(F)F)ccc1-n1cncn1. The van der Waals surface area contributed by atoms with E-state index >= 15 is 0 Å². The first kappa shape index (κ1) is 21.0. The summed E-state index contributed by atoms with van der Waals surface area (Å²) in [5.74, 6) is -0.617. The topological polar surface area (TPSA) is 103 Å². The summed E-state index contributed by atoms with van der Waals surface area (Å²) >= 11 is 2.63. The van der Waals surface area contributed by atoms with Gasteiger partial charge in [-0.15, -0.1) is 16.4 Å². The lowest BCUT2D eigenvalue weighted by Gasteiger charge is -2.14. The molecule has 0 aliphatic heterocycles. The number of halogens is 3. The maximum absolute atomic E-state index is 13.1. The molecule has 3 heterocycles. The van der Waals surface area contributed by atoms with Gasteiger partial charge >= 0.3 is 6.18 Å². The highest BCUT2D eigenvalue weighted by Gasteiger charge is 2.31. The van der Waals surface area contributed by atoms with Crippen molar-refractivity contribution in [3.8, 4) is 5.69 Å². The van der Waals surface area contributed by atoms with Gasteiger partial charge in [0.05, 0.1) is 29.2 Å². The molecule has 14 heteroatoms. The summed E-state index contributed by atoms with van der Waals surface area (Å²) in [5.41, 5.74) is -0.672. The number of rotatable bonds is 7. The Bertz CT molecular complexity index is 1160. The largest absolute Gasteiger partial charge is 0.416 e. The van der Waals surface area contributed by atoms with E-state index in [4.69, 9.17) is 0 Å². The van der Waals surface area contributed by atoms with Gasteiger partial charge in [0.2, 0.25) is 11.1 Å². The number of hydrogen-bond donors (Lipinski definition) is 1. The quantitative estimate of drug-likeness (QED) is 0.418. The van der Waals surface area contributed by atoms with Gasteiger partial charge < -0.3 is 5.32 Å². The Hall–Kier alpha value is -3.26. The molecule has 1 N–H and O–H groups in total. The van der Waals surface area contributed by atoms with E-state index < -0.39 is 17.6 Å². The molecule has 0 radical (unpaired) electrons. The first-order valence-corrected chi connectivity index (χ1v) is 10.5. The Morgan fingerprint density at radius 1 is 1.26 bits per heavy atom. The zero-order valence-electron chi connectivity index (χ0n) is 15.5. The van der Waals surface area contributed by atoms with Crippen LogP contribution in [0.5, 0.6) is 0 Å². The molecule has 0 saturated carbocycles. The second-order valence-corrected chi connectivity index (χ2v) is 8.08. The van der Waals surface area contributed by atoms with Gasteiger partial charge in [-0.25, -0.2) is 14.3 Å². The third-order valence-electron chi connectivity index (χ3n) is 3.98. The number of thioether (sulfide) groups is 1. The molecule has 3 aromatic heterocycles. The van der Waals surface area contributed by atoms with Gasteiger partial charge in [0.15, 0.2) is 0 Å². The minimum Gasteiger partial charge on any atom is -0.323 e. The van der Waals surface area contributed by atoms with Crippen molar-refractivity contribution in [3.05, 3.63) is 58.8 Å². The van der Waals surface area contributed by atoms with Crippen molar-refractivity contribution in [2.75, 3.05) is 11.1 Å². The number of nitrogens with zero attached hydrogens (tertiary/aromatic N) is 7. The van der Waals surface area contributed by atoms with E-state index in [1.165, 1.54) is 23.4 Å². The number of aromatic nitrogens is 7. The highest BCUT2D eigenvalue weighted by Crippen LogP contribution is 2.33. The number of benzene rings is 1. The van der Waals surface area contributed by atoms with Crippen molar-refractivity contribution in [2.45, 2.75) is 17.9 Å². The molecule has 0 spiro atoms. The average Bonchev–Trinajstić information content (AvgIpc) is 3.49. The molecule has 0 bridgehead atoms. The number of nitrogens with one attached hydrogen (secondary N) is 1. The summed E-state index contributed by atoms with van der Waals surface area (Å²) in [4.78, 5) is 17.3. The van der Waals surface area contributed by atoms with Crippen LogP contribution in [-0.2, 0) is 17.5 Å². The van der Waals surface area contributed by atoms with Gasteiger partial charge in [-0.05, 0) is 40.1 Å². The molecule has 0 atom stereocenters. The lowest BCUT2D eigenvalue weighted by atomic mass is 10.1. The first-order chi connectivity index (χ1) is 14.9. The van der Waals surface area contributed by atoms with Gasteiger partial charge in [0.1, 0.15) is 12.7 Å². The van der Waals surface area contributed by atoms with Crippen molar-refractivity contribution in [3.63, 3.8) is 0 Å². The Labute approximate surface area is 181 Å². The minimum absolute atomic E-state index is 0.0379. The van der Waals surface area contributed by atoms with E-state index in [1.54, 1.807) is 16.0 Å². The van der Waals surface area contributed by atoms with E-state index in [2.05, 4.69) is 30.9 Å². The van der Waals surface area contributed by atoms with Gasteiger partial charge in [-0.2, -0.15) is 18.3 Å². The summed E-state index contributed by atoms with van der Waals surface area (Å²) in [6.45, 7) is 0.457. The van der Waals surface area contributed by atoms with Crippen LogP contribution in [0.1, 0.15) is 10.4 Å². The Morgan fingerprint density at radius 2 is 2.13 bits per heavy atom. The van der Waals surface area contributed by atoms with Gasteiger partial charge in [0, 0.05) is 4.88 Å². The number of tetrazole rings is 1. The molecular weight excluding hydrogens is 453 g/mol. The number of amides is 1. The van der Waals surface area contributed by atoms with Crippen LogP contribution in [0.15, 0.2) is 53.5 Å². The van der Waals surface area contributed by atoms with Crippen LogP contribution in [0.3, 0.4) is 0 Å². The predicted octanol–water partition coefficient (Wildman–Crippen LogP) is 3.11. The molecular formula is C17H13F3N8OS2. The molecule has 1 aromatic carbocycles. The van der Waals surface area contributed by atoms with Crippen LogP contribution in [0.2, 0.25) is 0 Å². The van der Waals surface area contributed by atoms with Gasteiger partial charge in [-0.3, -0.25) is 4.79 Å². The van der Waals surface area contributed by atoms with Crippen LogP contribution in [0.25, 0.3) is 5.69 Å². The Morgan fingerprint density at radius 3 is 2.84 bits per heavy atom. The van der Waals surface area contributed by atoms with E-state index in [1.807, 2.05) is 17.5 Å². The van der Waals surface area contributed by atoms with Gasteiger partial charge in [0.25, 0.3) is 0 Å². The molecule has 0 aliphatic carbocycles. The summed E-state index contributed by atoms with van der Waals surface area (Å²) in [5, 5.41) is 20.2. The standard InChI is InChI=1S/C17H13F3N8OS2/c18-17(19,20)11-3-4-14(28-10-21-9-22-28)13(6-11)23-15(29)8-31-16-24-25-26-27(16)7-12-2-1-5-30-12/h1-6,9-10H,7-8H2,(H,23,29). The molecule has 0 fully saturated rings. The van der Waals surface area contributed by atoms with Crippen molar-refractivity contribution in [1.82, 2.24) is 35.0 Å². The fraction of sp³-hybridized carbons (Fsp3) is 0.176. The molecule has 4 aromatic rings. The number of anilines is 1. The average molecular weight is 466 g/mol. The molecule has 1 amide bonds. The van der Waals surface area contributed by atoms with E-state index in [-0.39, 0.29) is 17.1 Å². The van der Waals surface area contributed by atoms with Crippen LogP contribution in [0, 0.1) is 0 Å². The molecule has 0 saturated heterocycles. The summed E-state index contributed by atoms with van der Waals surface area (Å²) in [7, 11) is 0. The second-order valence-electron chi connectivity index (χ2n) is 6.11. The zero-order chi connectivity index (χ0) is 21.8. The van der Waals surface area contributed by atoms with Crippen LogP contribution in [-0.4, -0.2) is 46.6 Å². The second kappa shape index (κ2) is 8.85. The fourth-order valence-electron chi connectivity index (χ4n) is 2.61. The summed E-state index contributed by atoms with van der Waals surface area (Å²) in [6, 6.07) is 6.85. The summed E-state index contributed by atoms with van der Waals surface area (Å²) < 4.78 is 42.2. The third-order valence-corrected chi connectivity index (χ3v) is 5.80. The van der Waals surface area contributed by atoms with Gasteiger partial charge in [-0.1, -0.05) is 17.8 Å². The molecule has 31 heavy (non-hydrogen) atoms. The molecule has 9 nitrogen and oxygen atoms in total. The smallest absolute Gasteiger partial charge is 0.323 e. The minimum atomic E-state index is -4.56. The Balaban J connectivity index is 1.48. The molecule has 0 unspecified atom stereocenters. The maximum Gasteiger partial charge on any atom is 0.416 e. The molecule has 4 rings (SSSR count). The molecule has 160 valence electrons. The number of carbonyl (C=O) groups excluding carboxylic acids is 1. The maximum atomic E-state index is 13.1.